The molecule has 0 N–H and O–H groups in total. The van der Waals surface area contributed by atoms with Crippen LogP contribution in [-0.4, -0.2) is 68.6 Å². The van der Waals surface area contributed by atoms with Crippen LogP contribution < -0.4 is 4.90 Å². The first-order chi connectivity index (χ1) is 15.8. The Bertz CT molecular complexity index is 1110. The van der Waals surface area contributed by atoms with Gasteiger partial charge < -0.3 is 9.80 Å². The maximum Gasteiger partial charge on any atom is 0.243 e. The Labute approximate surface area is 193 Å². The summed E-state index contributed by atoms with van der Waals surface area (Å²) in [6, 6.07) is 12.3. The summed E-state index contributed by atoms with van der Waals surface area (Å²) < 4.78 is 40.5. The number of piperidine rings is 1. The van der Waals surface area contributed by atoms with Crippen molar-refractivity contribution >= 4 is 27.4 Å². The van der Waals surface area contributed by atoms with Crippen molar-refractivity contribution in [2.45, 2.75) is 24.7 Å². The molecule has 1 atom stereocenters. The Balaban J connectivity index is 1.36. The minimum Gasteiger partial charge on any atom is -0.368 e. The highest BCUT2D eigenvalue weighted by Gasteiger charge is 2.35. The molecule has 176 valence electrons. The van der Waals surface area contributed by atoms with Gasteiger partial charge in [0.25, 0.3) is 0 Å². The second kappa shape index (κ2) is 9.61. The van der Waals surface area contributed by atoms with Crippen molar-refractivity contribution in [3.05, 3.63) is 59.9 Å². The highest BCUT2D eigenvalue weighted by atomic mass is 32.2. The van der Waals surface area contributed by atoms with Gasteiger partial charge in [-0.05, 0) is 68.3 Å². The SMILES string of the molecule is CC(=O)c1ccc(N2CCN(C(=O)C3CCCN(S(=O)(=O)c4ccc(F)cc4)C3)CC2)cc1. The molecule has 2 fully saturated rings. The molecule has 9 heteroatoms. The maximum absolute atomic E-state index is 13.2. The van der Waals surface area contributed by atoms with Gasteiger partial charge >= 0.3 is 0 Å². The van der Waals surface area contributed by atoms with Crippen molar-refractivity contribution in [3.63, 3.8) is 0 Å². The van der Waals surface area contributed by atoms with E-state index >= 15 is 0 Å². The zero-order valence-electron chi connectivity index (χ0n) is 18.6. The van der Waals surface area contributed by atoms with Crippen LogP contribution in [0.4, 0.5) is 10.1 Å². The Morgan fingerprint density at radius 3 is 2.15 bits per heavy atom. The predicted octanol–water partition coefficient (Wildman–Crippen LogP) is 2.78. The summed E-state index contributed by atoms with van der Waals surface area (Å²) in [6.07, 6.45) is 1.26. The van der Waals surface area contributed by atoms with Crippen molar-refractivity contribution in [1.29, 1.82) is 0 Å². The fraction of sp³-hybridized carbons (Fsp3) is 0.417. The van der Waals surface area contributed by atoms with Gasteiger partial charge in [-0.15, -0.1) is 0 Å². The number of carbonyl (C=O) groups is 2. The Morgan fingerprint density at radius 2 is 1.55 bits per heavy atom. The normalized spacial score (nSPS) is 20.0. The molecule has 33 heavy (non-hydrogen) atoms. The maximum atomic E-state index is 13.2. The number of carbonyl (C=O) groups excluding carboxylic acids is 2. The van der Waals surface area contributed by atoms with E-state index in [1.165, 1.54) is 23.4 Å². The van der Waals surface area contributed by atoms with E-state index in [4.69, 9.17) is 0 Å². The Morgan fingerprint density at radius 1 is 0.909 bits per heavy atom. The number of nitrogens with zero attached hydrogens (tertiary/aromatic N) is 3. The molecule has 7 nitrogen and oxygen atoms in total. The van der Waals surface area contributed by atoms with Gasteiger partial charge in [-0.2, -0.15) is 4.31 Å². The fourth-order valence-corrected chi connectivity index (χ4v) is 5.99. The van der Waals surface area contributed by atoms with Gasteiger partial charge in [0, 0.05) is 50.5 Å². The van der Waals surface area contributed by atoms with Gasteiger partial charge in [0.2, 0.25) is 15.9 Å². The Hall–Kier alpha value is -2.78. The first-order valence-corrected chi connectivity index (χ1v) is 12.6. The number of ketones is 1. The molecule has 0 spiro atoms. The third-order valence-electron chi connectivity index (χ3n) is 6.42. The first-order valence-electron chi connectivity index (χ1n) is 11.2. The molecule has 1 unspecified atom stereocenters. The number of anilines is 1. The highest BCUT2D eigenvalue weighted by Crippen LogP contribution is 2.26. The summed E-state index contributed by atoms with van der Waals surface area (Å²) >= 11 is 0. The summed E-state index contributed by atoms with van der Waals surface area (Å²) in [5.41, 5.74) is 1.69. The van der Waals surface area contributed by atoms with Crippen molar-refractivity contribution in [1.82, 2.24) is 9.21 Å². The molecule has 0 bridgehead atoms. The predicted molar refractivity (Wildman–Crippen MR) is 123 cm³/mol. The first kappa shape index (κ1) is 23.4. The van der Waals surface area contributed by atoms with Crippen molar-refractivity contribution in [3.8, 4) is 0 Å². The number of rotatable bonds is 5. The summed E-state index contributed by atoms with van der Waals surface area (Å²) in [6.45, 7) is 4.52. The standard InChI is InChI=1S/C24H28FN3O4S/c1-18(29)19-4-8-22(9-5-19)26-13-15-27(16-14-26)24(30)20-3-2-12-28(17-20)33(31,32)23-10-6-21(25)7-11-23/h4-11,20H,2-3,12-17H2,1H3. The molecule has 0 radical (unpaired) electrons. The second-order valence-electron chi connectivity index (χ2n) is 8.57. The summed E-state index contributed by atoms with van der Waals surface area (Å²) in [4.78, 5) is 28.7. The van der Waals surface area contributed by atoms with E-state index < -0.39 is 15.8 Å². The summed E-state index contributed by atoms with van der Waals surface area (Å²) in [5, 5.41) is 0. The average Bonchev–Trinajstić information content (AvgIpc) is 2.84. The molecule has 2 heterocycles. The highest BCUT2D eigenvalue weighted by molar-refractivity contribution is 7.89. The van der Waals surface area contributed by atoms with Crippen LogP contribution in [0.25, 0.3) is 0 Å². The smallest absolute Gasteiger partial charge is 0.243 e. The van der Waals surface area contributed by atoms with Crippen LogP contribution >= 0.6 is 0 Å². The van der Waals surface area contributed by atoms with Crippen LogP contribution in [0, 0.1) is 11.7 Å². The third-order valence-corrected chi connectivity index (χ3v) is 8.29. The molecule has 2 aromatic carbocycles. The van der Waals surface area contributed by atoms with Crippen molar-refractivity contribution in [2.24, 2.45) is 5.92 Å². The number of amides is 1. The van der Waals surface area contributed by atoms with E-state index in [2.05, 4.69) is 4.90 Å². The van der Waals surface area contributed by atoms with Gasteiger partial charge in [0.05, 0.1) is 10.8 Å². The monoisotopic (exact) mass is 473 g/mol. The fourth-order valence-electron chi connectivity index (χ4n) is 4.47. The van der Waals surface area contributed by atoms with E-state index in [-0.39, 0.29) is 29.0 Å². The van der Waals surface area contributed by atoms with Crippen LogP contribution in [0.15, 0.2) is 53.4 Å². The van der Waals surface area contributed by atoms with Crippen molar-refractivity contribution in [2.75, 3.05) is 44.2 Å². The number of benzene rings is 2. The number of hydrogen-bond donors (Lipinski definition) is 0. The van der Waals surface area contributed by atoms with E-state index in [1.807, 2.05) is 29.2 Å². The zero-order valence-corrected chi connectivity index (χ0v) is 19.4. The lowest BCUT2D eigenvalue weighted by atomic mass is 9.97. The number of piperazine rings is 1. The molecule has 2 aromatic rings. The number of Topliss-reactive ketones (excluding diaryl/α,β-unsaturated/α-hetero) is 1. The van der Waals surface area contributed by atoms with Gasteiger partial charge in [-0.25, -0.2) is 12.8 Å². The minimum absolute atomic E-state index is 0.0133. The molecule has 0 aromatic heterocycles. The number of hydrogen-bond acceptors (Lipinski definition) is 5. The van der Waals surface area contributed by atoms with Gasteiger partial charge in [0.1, 0.15) is 5.82 Å². The molecule has 2 saturated heterocycles. The van der Waals surface area contributed by atoms with Crippen LogP contribution in [0.2, 0.25) is 0 Å². The molecule has 0 aliphatic carbocycles. The quantitative estimate of drug-likeness (QED) is 0.624. The number of sulfonamides is 1. The summed E-state index contributed by atoms with van der Waals surface area (Å²) in [7, 11) is -3.77. The lowest BCUT2D eigenvalue weighted by molar-refractivity contribution is -0.137. The molecular weight excluding hydrogens is 445 g/mol. The molecule has 0 saturated carbocycles. The molecular formula is C24H28FN3O4S. The largest absolute Gasteiger partial charge is 0.368 e. The second-order valence-corrected chi connectivity index (χ2v) is 10.5. The average molecular weight is 474 g/mol. The minimum atomic E-state index is -3.77. The van der Waals surface area contributed by atoms with E-state index in [1.54, 1.807) is 0 Å². The molecule has 2 aliphatic rings. The summed E-state index contributed by atoms with van der Waals surface area (Å²) in [5.74, 6) is -0.856. The van der Waals surface area contributed by atoms with E-state index in [9.17, 15) is 22.4 Å². The molecule has 2 aliphatic heterocycles. The Kier molecular flexibility index (Phi) is 6.81. The van der Waals surface area contributed by atoms with Gasteiger partial charge in [-0.3, -0.25) is 9.59 Å². The van der Waals surface area contributed by atoms with Crippen molar-refractivity contribution < 1.29 is 22.4 Å². The van der Waals surface area contributed by atoms with E-state index in [0.29, 0.717) is 51.1 Å². The van der Waals surface area contributed by atoms with Crippen LogP contribution in [-0.2, 0) is 14.8 Å². The molecule has 4 rings (SSSR count). The van der Waals surface area contributed by atoms with Crippen LogP contribution in [0.5, 0.6) is 0 Å². The van der Waals surface area contributed by atoms with Crippen LogP contribution in [0.1, 0.15) is 30.1 Å². The number of halogens is 1. The lowest BCUT2D eigenvalue weighted by Gasteiger charge is -2.39. The van der Waals surface area contributed by atoms with Gasteiger partial charge in [-0.1, -0.05) is 0 Å². The van der Waals surface area contributed by atoms with Crippen LogP contribution in [0.3, 0.4) is 0 Å². The third kappa shape index (κ3) is 5.09. The zero-order chi connectivity index (χ0) is 23.6. The lowest BCUT2D eigenvalue weighted by Crippen LogP contribution is -2.53. The topological polar surface area (TPSA) is 78.0 Å². The molecule has 1 amide bonds. The van der Waals surface area contributed by atoms with Gasteiger partial charge in [0.15, 0.2) is 5.78 Å². The van der Waals surface area contributed by atoms with E-state index in [0.717, 1.165) is 17.8 Å².